The van der Waals surface area contributed by atoms with Gasteiger partial charge in [0.15, 0.2) is 9.84 Å². The number of piperidine rings is 1. The van der Waals surface area contributed by atoms with Crippen LogP contribution in [0.3, 0.4) is 0 Å². The van der Waals surface area contributed by atoms with E-state index in [4.69, 9.17) is 0 Å². The molecule has 0 aromatic heterocycles. The molecule has 118 valence electrons. The molecule has 2 unspecified atom stereocenters. The molecule has 0 aliphatic carbocycles. The van der Waals surface area contributed by atoms with Crippen molar-refractivity contribution in [3.63, 3.8) is 0 Å². The third kappa shape index (κ3) is 4.20. The van der Waals surface area contributed by atoms with Crippen LogP contribution in [0.1, 0.15) is 33.1 Å². The second kappa shape index (κ2) is 6.79. The van der Waals surface area contributed by atoms with E-state index >= 15 is 0 Å². The van der Waals surface area contributed by atoms with Gasteiger partial charge in [-0.2, -0.15) is 0 Å². The van der Waals surface area contributed by atoms with E-state index in [0.717, 1.165) is 25.1 Å². The van der Waals surface area contributed by atoms with Crippen LogP contribution in [0, 0.1) is 0 Å². The molecule has 1 heterocycles. The molecule has 4 nitrogen and oxygen atoms in total. The van der Waals surface area contributed by atoms with E-state index in [-0.39, 0.29) is 5.75 Å². The molecule has 1 aromatic rings. The van der Waals surface area contributed by atoms with Crippen molar-refractivity contribution in [2.24, 2.45) is 0 Å². The van der Waals surface area contributed by atoms with E-state index < -0.39 is 9.84 Å². The molecule has 1 aliphatic rings. The summed E-state index contributed by atoms with van der Waals surface area (Å²) < 4.78 is 24.0. The van der Waals surface area contributed by atoms with Crippen LogP contribution < -0.4 is 5.32 Å². The maximum Gasteiger partial charge on any atom is 0.178 e. The number of benzene rings is 1. The predicted octanol–water partition coefficient (Wildman–Crippen LogP) is 2.76. The quantitative estimate of drug-likeness (QED) is 0.908. The Morgan fingerprint density at radius 2 is 1.95 bits per heavy atom. The summed E-state index contributed by atoms with van der Waals surface area (Å²) in [7, 11) is -0.950. The fraction of sp³-hybridized carbons (Fsp3) is 0.625. The van der Waals surface area contributed by atoms with Crippen LogP contribution in [-0.4, -0.2) is 44.7 Å². The van der Waals surface area contributed by atoms with Gasteiger partial charge < -0.3 is 10.2 Å². The summed E-state index contributed by atoms with van der Waals surface area (Å²) >= 11 is 0. The van der Waals surface area contributed by atoms with E-state index in [1.807, 2.05) is 19.1 Å². The lowest BCUT2D eigenvalue weighted by Crippen LogP contribution is -2.42. The van der Waals surface area contributed by atoms with E-state index in [9.17, 15) is 8.42 Å². The van der Waals surface area contributed by atoms with Crippen LogP contribution in [0.25, 0.3) is 0 Å². The molecule has 2 rings (SSSR count). The minimum absolute atomic E-state index is 0.215. The minimum atomic E-state index is -3.11. The molecule has 0 bridgehead atoms. The van der Waals surface area contributed by atoms with Gasteiger partial charge in [0, 0.05) is 24.3 Å². The van der Waals surface area contributed by atoms with Crippen molar-refractivity contribution in [2.75, 3.05) is 24.7 Å². The second-order valence-electron chi connectivity index (χ2n) is 6.04. The molecule has 0 radical (unpaired) electrons. The van der Waals surface area contributed by atoms with Crippen molar-refractivity contribution in [3.8, 4) is 0 Å². The number of hydrogen-bond acceptors (Lipinski definition) is 4. The zero-order chi connectivity index (χ0) is 15.5. The molecule has 2 atom stereocenters. The highest BCUT2D eigenvalue weighted by Crippen LogP contribution is 2.21. The molecule has 0 saturated carbocycles. The number of sulfone groups is 1. The van der Waals surface area contributed by atoms with E-state index in [1.165, 1.54) is 0 Å². The maximum absolute atomic E-state index is 12.0. The Hall–Kier alpha value is -1.07. The van der Waals surface area contributed by atoms with Crippen LogP contribution in [0.2, 0.25) is 0 Å². The highest BCUT2D eigenvalue weighted by Gasteiger charge is 2.22. The molecule has 1 aliphatic heterocycles. The molecular formula is C16H26N2O2S. The normalized spacial score (nSPS) is 24.0. The Bertz CT molecular complexity index is 554. The maximum atomic E-state index is 12.0. The molecule has 5 heteroatoms. The summed E-state index contributed by atoms with van der Waals surface area (Å²) in [5, 5.41) is 3.52. The minimum Gasteiger partial charge on any atom is -0.382 e. The van der Waals surface area contributed by atoms with Gasteiger partial charge in [-0.3, -0.25) is 0 Å². The lowest BCUT2D eigenvalue weighted by molar-refractivity contribution is 0.190. The van der Waals surface area contributed by atoms with Gasteiger partial charge in [0.25, 0.3) is 0 Å². The van der Waals surface area contributed by atoms with Gasteiger partial charge in [-0.25, -0.2) is 8.42 Å². The fourth-order valence-corrected chi connectivity index (χ4v) is 4.13. The van der Waals surface area contributed by atoms with Gasteiger partial charge >= 0.3 is 0 Å². The van der Waals surface area contributed by atoms with Crippen molar-refractivity contribution in [1.29, 1.82) is 0 Å². The monoisotopic (exact) mass is 310 g/mol. The number of nitrogens with zero attached hydrogens (tertiary/aromatic N) is 1. The van der Waals surface area contributed by atoms with Gasteiger partial charge in [0.1, 0.15) is 0 Å². The first-order valence-corrected chi connectivity index (χ1v) is 9.37. The Morgan fingerprint density at radius 3 is 2.52 bits per heavy atom. The standard InChI is InChI=1S/C16H26N2O2S/c1-4-11-21(19,20)16-7-5-14(6-8-16)17-15-9-10-18(3)13(2)12-15/h5-8,13,15,17H,4,9-12H2,1-3H3. The molecule has 21 heavy (non-hydrogen) atoms. The van der Waals surface area contributed by atoms with Gasteiger partial charge in [-0.15, -0.1) is 0 Å². The van der Waals surface area contributed by atoms with E-state index in [2.05, 4.69) is 24.2 Å². The Kier molecular flexibility index (Phi) is 5.27. The van der Waals surface area contributed by atoms with Crippen molar-refractivity contribution in [3.05, 3.63) is 24.3 Å². The van der Waals surface area contributed by atoms with Crippen LogP contribution in [0.15, 0.2) is 29.2 Å². The van der Waals surface area contributed by atoms with Crippen LogP contribution in [-0.2, 0) is 9.84 Å². The Labute approximate surface area is 128 Å². The molecule has 1 fully saturated rings. The van der Waals surface area contributed by atoms with Gasteiger partial charge in [0.2, 0.25) is 0 Å². The predicted molar refractivity (Wildman–Crippen MR) is 87.5 cm³/mol. The summed E-state index contributed by atoms with van der Waals surface area (Å²) in [6.07, 6.45) is 2.89. The molecule has 0 amide bonds. The van der Waals surface area contributed by atoms with Crippen molar-refractivity contribution in [1.82, 2.24) is 4.90 Å². The van der Waals surface area contributed by atoms with Gasteiger partial charge in [0.05, 0.1) is 10.6 Å². The molecular weight excluding hydrogens is 284 g/mol. The van der Waals surface area contributed by atoms with Gasteiger partial charge in [-0.05, 0) is 57.5 Å². The SMILES string of the molecule is CCCS(=O)(=O)c1ccc(NC2CCN(C)C(C)C2)cc1. The Balaban J connectivity index is 2.00. The highest BCUT2D eigenvalue weighted by molar-refractivity contribution is 7.91. The third-order valence-electron chi connectivity index (χ3n) is 4.27. The first kappa shape index (κ1) is 16.3. The van der Waals surface area contributed by atoms with Crippen molar-refractivity contribution in [2.45, 2.75) is 50.1 Å². The molecule has 1 aromatic carbocycles. The first-order valence-electron chi connectivity index (χ1n) is 7.72. The number of nitrogens with one attached hydrogen (secondary N) is 1. The topological polar surface area (TPSA) is 49.4 Å². The highest BCUT2D eigenvalue weighted by atomic mass is 32.2. The second-order valence-corrected chi connectivity index (χ2v) is 8.15. The summed E-state index contributed by atoms with van der Waals surface area (Å²) in [6.45, 7) is 5.23. The summed E-state index contributed by atoms with van der Waals surface area (Å²) in [6, 6.07) is 8.24. The summed E-state index contributed by atoms with van der Waals surface area (Å²) in [4.78, 5) is 2.80. The number of rotatable bonds is 5. The number of anilines is 1. The van der Waals surface area contributed by atoms with Crippen LogP contribution >= 0.6 is 0 Å². The van der Waals surface area contributed by atoms with Crippen LogP contribution in [0.4, 0.5) is 5.69 Å². The van der Waals surface area contributed by atoms with Crippen molar-refractivity contribution >= 4 is 15.5 Å². The van der Waals surface area contributed by atoms with Gasteiger partial charge in [-0.1, -0.05) is 6.92 Å². The third-order valence-corrected chi connectivity index (χ3v) is 6.20. The van der Waals surface area contributed by atoms with E-state index in [0.29, 0.717) is 23.4 Å². The number of likely N-dealkylation sites (tertiary alicyclic amines) is 1. The molecule has 0 spiro atoms. The number of hydrogen-bond donors (Lipinski definition) is 1. The van der Waals surface area contributed by atoms with Crippen molar-refractivity contribution < 1.29 is 8.42 Å². The van der Waals surface area contributed by atoms with E-state index in [1.54, 1.807) is 12.1 Å². The summed E-state index contributed by atoms with van der Waals surface area (Å²) in [5.41, 5.74) is 1.01. The lowest BCUT2D eigenvalue weighted by atomic mass is 9.99. The molecule has 1 N–H and O–H groups in total. The zero-order valence-electron chi connectivity index (χ0n) is 13.2. The van der Waals surface area contributed by atoms with Crippen LogP contribution in [0.5, 0.6) is 0 Å². The fourth-order valence-electron chi connectivity index (χ4n) is 2.80. The average Bonchev–Trinajstić information content (AvgIpc) is 2.43. The summed E-state index contributed by atoms with van der Waals surface area (Å²) in [5.74, 6) is 0.215. The average molecular weight is 310 g/mol. The Morgan fingerprint density at radius 1 is 1.29 bits per heavy atom. The smallest absolute Gasteiger partial charge is 0.178 e. The molecule has 1 saturated heterocycles. The first-order chi connectivity index (χ1) is 9.92. The zero-order valence-corrected chi connectivity index (χ0v) is 14.0. The lowest BCUT2D eigenvalue weighted by Gasteiger charge is -2.35. The largest absolute Gasteiger partial charge is 0.382 e.